The number of nitrogens with one attached hydrogen (secondary N) is 1. The molecule has 2 heteroatoms. The van der Waals surface area contributed by atoms with Crippen LogP contribution < -0.4 is 5.32 Å². The zero-order valence-electron chi connectivity index (χ0n) is 8.30. The van der Waals surface area contributed by atoms with Crippen LogP contribution in [-0.2, 0) is 6.67 Å². The molecule has 1 aliphatic heterocycles. The summed E-state index contributed by atoms with van der Waals surface area (Å²) in [6.45, 7) is 1.84. The fourth-order valence-corrected chi connectivity index (χ4v) is 2.02. The molecule has 2 rings (SSSR count). The van der Waals surface area contributed by atoms with Crippen molar-refractivity contribution in [3.05, 3.63) is 35.4 Å². The molecule has 1 atom stereocenters. The summed E-state index contributed by atoms with van der Waals surface area (Å²) in [6.07, 6.45) is 2.50. The Kier molecular flexibility index (Phi) is 3.14. The average Bonchev–Trinajstić information content (AvgIpc) is 2.30. The lowest BCUT2D eigenvalue weighted by atomic mass is 9.91. The lowest BCUT2D eigenvalue weighted by Gasteiger charge is -2.23. The van der Waals surface area contributed by atoms with Crippen molar-refractivity contribution in [3.63, 3.8) is 0 Å². The minimum absolute atomic E-state index is 0.358. The van der Waals surface area contributed by atoms with Crippen molar-refractivity contribution in [1.82, 2.24) is 5.32 Å². The largest absolute Gasteiger partial charge is 0.316 e. The Hall–Kier alpha value is -0.890. The molecule has 14 heavy (non-hydrogen) atoms. The van der Waals surface area contributed by atoms with Crippen molar-refractivity contribution in [3.8, 4) is 0 Å². The smallest absolute Gasteiger partial charge is 0.115 e. The lowest BCUT2D eigenvalue weighted by molar-refractivity contribution is 0.460. The molecule has 1 saturated heterocycles. The van der Waals surface area contributed by atoms with Gasteiger partial charge < -0.3 is 5.32 Å². The monoisotopic (exact) mass is 193 g/mol. The van der Waals surface area contributed by atoms with E-state index in [4.69, 9.17) is 0 Å². The Morgan fingerprint density at radius 1 is 1.29 bits per heavy atom. The molecular formula is C12H16FN. The maximum absolute atomic E-state index is 12.3. The topological polar surface area (TPSA) is 12.0 Å². The molecule has 1 fully saturated rings. The molecule has 1 aromatic carbocycles. The Balaban J connectivity index is 2.07. The molecule has 0 aliphatic carbocycles. The summed E-state index contributed by atoms with van der Waals surface area (Å²) in [6, 6.07) is 7.91. The molecule has 0 spiro atoms. The second-order valence-corrected chi connectivity index (χ2v) is 3.92. The van der Waals surface area contributed by atoms with Gasteiger partial charge in [-0.3, -0.25) is 0 Å². The van der Waals surface area contributed by atoms with Gasteiger partial charge in [-0.1, -0.05) is 24.3 Å². The fourth-order valence-electron chi connectivity index (χ4n) is 2.02. The standard InChI is InChI=1S/C12H16FN/c13-8-10-3-5-11(6-4-10)12-2-1-7-14-9-12/h3-6,12,14H,1-2,7-9H2. The minimum atomic E-state index is -0.358. The van der Waals surface area contributed by atoms with E-state index in [9.17, 15) is 4.39 Å². The van der Waals surface area contributed by atoms with Crippen molar-refractivity contribution < 1.29 is 4.39 Å². The van der Waals surface area contributed by atoms with Gasteiger partial charge in [0.1, 0.15) is 6.67 Å². The Bertz CT molecular complexity index is 275. The highest BCUT2D eigenvalue weighted by Gasteiger charge is 2.14. The van der Waals surface area contributed by atoms with Gasteiger partial charge in [0.05, 0.1) is 0 Å². The number of benzene rings is 1. The second kappa shape index (κ2) is 4.56. The zero-order valence-corrected chi connectivity index (χ0v) is 8.30. The Labute approximate surface area is 84.3 Å². The van der Waals surface area contributed by atoms with E-state index in [1.807, 2.05) is 12.1 Å². The quantitative estimate of drug-likeness (QED) is 0.761. The van der Waals surface area contributed by atoms with Gasteiger partial charge in [-0.2, -0.15) is 0 Å². The molecule has 0 amide bonds. The minimum Gasteiger partial charge on any atom is -0.316 e. The van der Waals surface area contributed by atoms with Crippen molar-refractivity contribution in [2.75, 3.05) is 13.1 Å². The van der Waals surface area contributed by atoms with Crippen LogP contribution in [0.3, 0.4) is 0 Å². The Morgan fingerprint density at radius 2 is 2.07 bits per heavy atom. The van der Waals surface area contributed by atoms with E-state index in [0.29, 0.717) is 5.92 Å². The number of rotatable bonds is 2. The predicted octanol–water partition coefficient (Wildman–Crippen LogP) is 2.62. The van der Waals surface area contributed by atoms with Crippen LogP contribution in [0.2, 0.25) is 0 Å². The van der Waals surface area contributed by atoms with Crippen LogP contribution >= 0.6 is 0 Å². The van der Waals surface area contributed by atoms with E-state index >= 15 is 0 Å². The molecule has 0 saturated carbocycles. The third-order valence-corrected chi connectivity index (χ3v) is 2.90. The Morgan fingerprint density at radius 3 is 2.64 bits per heavy atom. The third kappa shape index (κ3) is 2.13. The summed E-state index contributed by atoms with van der Waals surface area (Å²) in [7, 11) is 0. The highest BCUT2D eigenvalue weighted by Crippen LogP contribution is 2.23. The van der Waals surface area contributed by atoms with E-state index in [2.05, 4.69) is 17.4 Å². The molecule has 1 heterocycles. The normalized spacial score (nSPS) is 22.2. The van der Waals surface area contributed by atoms with E-state index in [0.717, 1.165) is 18.7 Å². The number of piperidine rings is 1. The molecule has 1 unspecified atom stereocenters. The van der Waals surface area contributed by atoms with Gasteiger partial charge in [0, 0.05) is 6.54 Å². The summed E-state index contributed by atoms with van der Waals surface area (Å²) in [5.41, 5.74) is 2.12. The van der Waals surface area contributed by atoms with Crippen LogP contribution in [0.25, 0.3) is 0 Å². The van der Waals surface area contributed by atoms with Crippen LogP contribution in [0, 0.1) is 0 Å². The van der Waals surface area contributed by atoms with Gasteiger partial charge in [0.25, 0.3) is 0 Å². The molecule has 1 nitrogen and oxygen atoms in total. The molecule has 0 radical (unpaired) electrons. The van der Waals surface area contributed by atoms with Crippen LogP contribution in [0.4, 0.5) is 4.39 Å². The number of hydrogen-bond donors (Lipinski definition) is 1. The first kappa shape index (κ1) is 9.66. The van der Waals surface area contributed by atoms with E-state index < -0.39 is 0 Å². The molecule has 0 bridgehead atoms. The lowest BCUT2D eigenvalue weighted by Crippen LogP contribution is -2.28. The van der Waals surface area contributed by atoms with Crippen LogP contribution in [0.1, 0.15) is 29.9 Å². The van der Waals surface area contributed by atoms with Crippen LogP contribution in [0.5, 0.6) is 0 Å². The molecule has 1 aliphatic rings. The van der Waals surface area contributed by atoms with Gasteiger partial charge in [0.2, 0.25) is 0 Å². The summed E-state index contributed by atoms with van der Waals surface area (Å²) in [5, 5.41) is 3.39. The van der Waals surface area contributed by atoms with Crippen LogP contribution in [-0.4, -0.2) is 13.1 Å². The van der Waals surface area contributed by atoms with Gasteiger partial charge in [0.15, 0.2) is 0 Å². The second-order valence-electron chi connectivity index (χ2n) is 3.92. The predicted molar refractivity (Wildman–Crippen MR) is 56.1 cm³/mol. The van der Waals surface area contributed by atoms with E-state index in [-0.39, 0.29) is 6.67 Å². The first-order chi connectivity index (χ1) is 6.90. The highest BCUT2D eigenvalue weighted by molar-refractivity contribution is 5.25. The maximum Gasteiger partial charge on any atom is 0.115 e. The van der Waals surface area contributed by atoms with Crippen molar-refractivity contribution in [2.24, 2.45) is 0 Å². The third-order valence-electron chi connectivity index (χ3n) is 2.90. The molecule has 0 aromatic heterocycles. The summed E-state index contributed by atoms with van der Waals surface area (Å²) >= 11 is 0. The van der Waals surface area contributed by atoms with Gasteiger partial charge in [-0.05, 0) is 36.4 Å². The van der Waals surface area contributed by atoms with Gasteiger partial charge in [-0.15, -0.1) is 0 Å². The molecular weight excluding hydrogens is 177 g/mol. The fraction of sp³-hybridized carbons (Fsp3) is 0.500. The van der Waals surface area contributed by atoms with E-state index in [1.165, 1.54) is 18.4 Å². The summed E-state index contributed by atoms with van der Waals surface area (Å²) in [4.78, 5) is 0. The molecule has 76 valence electrons. The molecule has 1 aromatic rings. The number of alkyl halides is 1. The SMILES string of the molecule is FCc1ccc(C2CCCNC2)cc1. The molecule has 1 N–H and O–H groups in total. The highest BCUT2D eigenvalue weighted by atomic mass is 19.1. The zero-order chi connectivity index (χ0) is 9.80. The average molecular weight is 193 g/mol. The van der Waals surface area contributed by atoms with Gasteiger partial charge >= 0.3 is 0 Å². The first-order valence-electron chi connectivity index (χ1n) is 5.25. The van der Waals surface area contributed by atoms with Crippen molar-refractivity contribution >= 4 is 0 Å². The van der Waals surface area contributed by atoms with Crippen molar-refractivity contribution in [2.45, 2.75) is 25.4 Å². The number of halogens is 1. The van der Waals surface area contributed by atoms with E-state index in [1.54, 1.807) is 0 Å². The van der Waals surface area contributed by atoms with Crippen molar-refractivity contribution in [1.29, 1.82) is 0 Å². The van der Waals surface area contributed by atoms with Gasteiger partial charge in [-0.25, -0.2) is 4.39 Å². The maximum atomic E-state index is 12.3. The number of hydrogen-bond acceptors (Lipinski definition) is 1. The summed E-state index contributed by atoms with van der Waals surface area (Å²) < 4.78 is 12.3. The van der Waals surface area contributed by atoms with Crippen LogP contribution in [0.15, 0.2) is 24.3 Å². The summed E-state index contributed by atoms with van der Waals surface area (Å²) in [5.74, 6) is 0.623. The first-order valence-corrected chi connectivity index (χ1v) is 5.25.